The number of hydrogen-bond acceptors (Lipinski definition) is 7. The van der Waals surface area contributed by atoms with Crippen LogP contribution >= 0.6 is 22.9 Å². The Balaban J connectivity index is 1.51. The van der Waals surface area contributed by atoms with Crippen LogP contribution in [0.2, 0.25) is 5.02 Å². The van der Waals surface area contributed by atoms with E-state index in [1.54, 1.807) is 12.1 Å². The zero-order chi connectivity index (χ0) is 23.8. The minimum Gasteiger partial charge on any atom is -0.457 e. The van der Waals surface area contributed by atoms with Gasteiger partial charge in [0.1, 0.15) is 16.4 Å². The van der Waals surface area contributed by atoms with Gasteiger partial charge >= 0.3 is 0 Å². The Morgan fingerprint density at radius 3 is 2.59 bits per heavy atom. The summed E-state index contributed by atoms with van der Waals surface area (Å²) in [5.74, 6) is 1.01. The van der Waals surface area contributed by atoms with Gasteiger partial charge < -0.3 is 9.47 Å². The van der Waals surface area contributed by atoms with Crippen LogP contribution in [0.4, 0.5) is 5.69 Å². The quantitative estimate of drug-likeness (QED) is 0.234. The standard InChI is InChI=1S/C24H16ClN3O5S/c1-14(29)27-24(17-9-5-6-10-19(17)28(30)31)33-23(26-27)22-21(25)18-13-16(11-12-20(18)34-22)32-15-7-3-2-4-8-15/h2-13,24H,1H3. The predicted octanol–water partition coefficient (Wildman–Crippen LogP) is 6.49. The molecule has 1 unspecified atom stereocenters. The molecule has 0 aliphatic carbocycles. The van der Waals surface area contributed by atoms with E-state index in [2.05, 4.69) is 5.10 Å². The van der Waals surface area contributed by atoms with Gasteiger partial charge in [-0.05, 0) is 36.4 Å². The summed E-state index contributed by atoms with van der Waals surface area (Å²) in [7, 11) is 0. The van der Waals surface area contributed by atoms with E-state index in [-0.39, 0.29) is 17.1 Å². The number of nitro groups is 1. The second-order valence-corrected chi connectivity index (χ2v) is 8.80. The van der Waals surface area contributed by atoms with Crippen molar-refractivity contribution in [3.8, 4) is 11.5 Å². The van der Waals surface area contributed by atoms with Gasteiger partial charge in [-0.3, -0.25) is 14.9 Å². The Morgan fingerprint density at radius 2 is 1.85 bits per heavy atom. The fourth-order valence-electron chi connectivity index (χ4n) is 3.59. The fraction of sp³-hybridized carbons (Fsp3) is 0.0833. The van der Waals surface area contributed by atoms with Crippen molar-refractivity contribution < 1.29 is 19.2 Å². The molecule has 5 rings (SSSR count). The van der Waals surface area contributed by atoms with Crippen molar-refractivity contribution in [2.75, 3.05) is 0 Å². The van der Waals surface area contributed by atoms with Crippen molar-refractivity contribution >= 4 is 50.5 Å². The highest BCUT2D eigenvalue weighted by Crippen LogP contribution is 2.42. The summed E-state index contributed by atoms with van der Waals surface area (Å²) in [5, 5.41) is 18.1. The first-order valence-electron chi connectivity index (χ1n) is 10.2. The summed E-state index contributed by atoms with van der Waals surface area (Å²) in [5.41, 5.74) is 0.0533. The summed E-state index contributed by atoms with van der Waals surface area (Å²) in [6, 6.07) is 21.0. The number of halogens is 1. The number of hydrogen-bond donors (Lipinski definition) is 0. The van der Waals surface area contributed by atoms with Crippen LogP contribution in [0.5, 0.6) is 11.5 Å². The molecule has 10 heteroatoms. The molecule has 0 N–H and O–H groups in total. The molecule has 1 amide bonds. The molecule has 0 bridgehead atoms. The van der Waals surface area contributed by atoms with Crippen molar-refractivity contribution in [1.82, 2.24) is 5.01 Å². The maximum atomic E-state index is 12.3. The van der Waals surface area contributed by atoms with Crippen molar-refractivity contribution in [2.45, 2.75) is 13.2 Å². The van der Waals surface area contributed by atoms with Gasteiger partial charge in [0.05, 0.1) is 15.5 Å². The van der Waals surface area contributed by atoms with Crippen LogP contribution in [-0.2, 0) is 9.53 Å². The maximum Gasteiger partial charge on any atom is 0.278 e. The molecule has 3 aromatic carbocycles. The van der Waals surface area contributed by atoms with Gasteiger partial charge in [0.25, 0.3) is 11.6 Å². The van der Waals surface area contributed by atoms with E-state index >= 15 is 0 Å². The van der Waals surface area contributed by atoms with E-state index in [1.807, 2.05) is 48.5 Å². The average molecular weight is 494 g/mol. The summed E-state index contributed by atoms with van der Waals surface area (Å²) in [6.07, 6.45) is -1.08. The average Bonchev–Trinajstić information content (AvgIpc) is 3.42. The van der Waals surface area contributed by atoms with Crippen molar-refractivity contribution in [2.24, 2.45) is 5.10 Å². The van der Waals surface area contributed by atoms with Crippen LogP contribution in [0.15, 0.2) is 77.9 Å². The molecule has 1 aliphatic rings. The van der Waals surface area contributed by atoms with E-state index < -0.39 is 17.1 Å². The lowest BCUT2D eigenvalue weighted by Crippen LogP contribution is -2.25. The number of hydrazone groups is 1. The lowest BCUT2D eigenvalue weighted by atomic mass is 10.1. The van der Waals surface area contributed by atoms with E-state index in [0.717, 1.165) is 15.1 Å². The summed E-state index contributed by atoms with van der Waals surface area (Å²) in [6.45, 7) is 1.32. The molecule has 1 aliphatic heterocycles. The second-order valence-electron chi connectivity index (χ2n) is 7.37. The van der Waals surface area contributed by atoms with Crippen LogP contribution in [0.1, 0.15) is 23.6 Å². The smallest absolute Gasteiger partial charge is 0.278 e. The monoisotopic (exact) mass is 493 g/mol. The minimum absolute atomic E-state index is 0.120. The Bertz CT molecular complexity index is 1450. The normalized spacial score (nSPS) is 15.2. The first-order valence-corrected chi connectivity index (χ1v) is 11.4. The summed E-state index contributed by atoms with van der Waals surface area (Å²) >= 11 is 8.04. The Hall–Kier alpha value is -3.95. The molecule has 0 radical (unpaired) electrons. The lowest BCUT2D eigenvalue weighted by Gasteiger charge is -2.18. The number of nitro benzene ring substituents is 1. The van der Waals surface area contributed by atoms with Gasteiger partial charge in [0.15, 0.2) is 0 Å². The van der Waals surface area contributed by atoms with Gasteiger partial charge in [0, 0.05) is 23.1 Å². The molecule has 34 heavy (non-hydrogen) atoms. The predicted molar refractivity (Wildman–Crippen MR) is 129 cm³/mol. The number of carbonyl (C=O) groups is 1. The molecule has 8 nitrogen and oxygen atoms in total. The largest absolute Gasteiger partial charge is 0.457 e. The first-order chi connectivity index (χ1) is 16.4. The molecule has 0 fully saturated rings. The third kappa shape index (κ3) is 3.95. The zero-order valence-corrected chi connectivity index (χ0v) is 19.2. The van der Waals surface area contributed by atoms with Crippen LogP contribution in [-0.4, -0.2) is 21.7 Å². The molecular formula is C24H16ClN3O5S. The van der Waals surface area contributed by atoms with Crippen LogP contribution < -0.4 is 4.74 Å². The third-order valence-electron chi connectivity index (χ3n) is 5.14. The lowest BCUT2D eigenvalue weighted by molar-refractivity contribution is -0.386. The molecule has 4 aromatic rings. The van der Waals surface area contributed by atoms with Gasteiger partial charge in [-0.1, -0.05) is 41.9 Å². The number of ether oxygens (including phenoxy) is 2. The number of rotatable bonds is 5. The van der Waals surface area contributed by atoms with Crippen molar-refractivity contribution in [3.63, 3.8) is 0 Å². The molecule has 0 saturated heterocycles. The Kier molecular flexibility index (Phi) is 5.64. The first kappa shape index (κ1) is 21.9. The molecular weight excluding hydrogens is 478 g/mol. The SMILES string of the molecule is CC(=O)N1N=C(c2sc3ccc(Oc4ccccc4)cc3c2Cl)OC1c1ccccc1[N+](=O)[O-]. The van der Waals surface area contributed by atoms with Gasteiger partial charge in [-0.25, -0.2) is 0 Å². The number of nitrogens with zero attached hydrogens (tertiary/aromatic N) is 3. The number of amides is 1. The Labute approximate surface area is 202 Å². The van der Waals surface area contributed by atoms with Crippen LogP contribution in [0.3, 0.4) is 0 Å². The maximum absolute atomic E-state index is 12.3. The van der Waals surface area contributed by atoms with E-state index in [9.17, 15) is 14.9 Å². The van der Waals surface area contributed by atoms with Crippen molar-refractivity contribution in [3.05, 3.63) is 98.4 Å². The van der Waals surface area contributed by atoms with Crippen LogP contribution in [0.25, 0.3) is 10.1 Å². The summed E-state index contributed by atoms with van der Waals surface area (Å²) < 4.78 is 12.8. The third-order valence-corrected chi connectivity index (χ3v) is 6.80. The number of fused-ring (bicyclic) bond motifs is 1. The highest BCUT2D eigenvalue weighted by atomic mass is 35.5. The minimum atomic E-state index is -1.08. The van der Waals surface area contributed by atoms with Crippen LogP contribution in [0, 0.1) is 10.1 Å². The van der Waals surface area contributed by atoms with E-state index in [1.165, 1.54) is 30.4 Å². The topological polar surface area (TPSA) is 94.3 Å². The number of carbonyl (C=O) groups excluding carboxylic acids is 1. The highest BCUT2D eigenvalue weighted by Gasteiger charge is 2.38. The highest BCUT2D eigenvalue weighted by molar-refractivity contribution is 7.21. The molecule has 1 atom stereocenters. The van der Waals surface area contributed by atoms with Gasteiger partial charge in [-0.2, -0.15) is 5.01 Å². The second kappa shape index (κ2) is 8.77. The molecule has 170 valence electrons. The Morgan fingerprint density at radius 1 is 1.12 bits per heavy atom. The number of para-hydroxylation sites is 2. The number of thiophene rings is 1. The molecule has 1 aromatic heterocycles. The van der Waals surface area contributed by atoms with Crippen molar-refractivity contribution in [1.29, 1.82) is 0 Å². The van der Waals surface area contributed by atoms with Gasteiger partial charge in [-0.15, -0.1) is 16.4 Å². The van der Waals surface area contributed by atoms with Gasteiger partial charge in [0.2, 0.25) is 12.1 Å². The molecule has 2 heterocycles. The number of benzene rings is 3. The zero-order valence-electron chi connectivity index (χ0n) is 17.7. The van der Waals surface area contributed by atoms with E-state index in [0.29, 0.717) is 21.4 Å². The van der Waals surface area contributed by atoms with E-state index in [4.69, 9.17) is 21.1 Å². The molecule has 0 spiro atoms. The summed E-state index contributed by atoms with van der Waals surface area (Å²) in [4.78, 5) is 23.8. The fourth-order valence-corrected chi connectivity index (χ4v) is 5.01. The molecule has 0 saturated carbocycles.